The van der Waals surface area contributed by atoms with Gasteiger partial charge in [-0.1, -0.05) is 25.1 Å². The van der Waals surface area contributed by atoms with E-state index in [4.69, 9.17) is 9.47 Å². The first kappa shape index (κ1) is 24.4. The Morgan fingerprint density at radius 1 is 1.17 bits per heavy atom. The second-order valence-electron chi connectivity index (χ2n) is 8.83. The van der Waals surface area contributed by atoms with Crippen molar-refractivity contribution in [2.75, 3.05) is 32.8 Å². The molecule has 3 aromatic rings. The van der Waals surface area contributed by atoms with Crippen LogP contribution in [-0.4, -0.2) is 59.4 Å². The van der Waals surface area contributed by atoms with E-state index in [1.54, 1.807) is 16.3 Å². The van der Waals surface area contributed by atoms with Crippen LogP contribution in [0.4, 0.5) is 4.39 Å². The van der Waals surface area contributed by atoms with Crippen LogP contribution in [0.3, 0.4) is 0 Å². The van der Waals surface area contributed by atoms with E-state index in [1.165, 1.54) is 23.5 Å². The molecule has 2 aliphatic rings. The average Bonchev–Trinajstić information content (AvgIpc) is 3.40. The first-order valence-electron chi connectivity index (χ1n) is 12.2. The largest absolute Gasteiger partial charge is 0.486 e. The highest BCUT2D eigenvalue weighted by Gasteiger charge is 2.32. The maximum Gasteiger partial charge on any atom is 0.273 e. The van der Waals surface area contributed by atoms with Crippen molar-refractivity contribution in [2.45, 2.75) is 32.4 Å². The molecule has 1 saturated heterocycles. The van der Waals surface area contributed by atoms with Gasteiger partial charge in [-0.15, -0.1) is 11.3 Å². The van der Waals surface area contributed by atoms with E-state index in [9.17, 15) is 14.0 Å². The first-order valence-corrected chi connectivity index (χ1v) is 13.0. The third-order valence-corrected chi connectivity index (χ3v) is 7.39. The summed E-state index contributed by atoms with van der Waals surface area (Å²) in [5, 5.41) is 2.46. The summed E-state index contributed by atoms with van der Waals surface area (Å²) in [6, 6.07) is 11.9. The van der Waals surface area contributed by atoms with Crippen LogP contribution in [0.1, 0.15) is 51.6 Å². The highest BCUT2D eigenvalue weighted by Crippen LogP contribution is 2.38. The number of hydrogen-bond donors (Lipinski definition) is 0. The van der Waals surface area contributed by atoms with Crippen LogP contribution in [0, 0.1) is 5.82 Å². The lowest BCUT2D eigenvalue weighted by Crippen LogP contribution is -2.40. The maximum absolute atomic E-state index is 14.1. The number of carbonyl (C=O) groups excluding carboxylic acids is 2. The molecule has 3 heterocycles. The first-order chi connectivity index (χ1) is 17.5. The number of thiazole rings is 1. The van der Waals surface area contributed by atoms with Gasteiger partial charge in [-0.2, -0.15) is 0 Å². The van der Waals surface area contributed by atoms with Crippen molar-refractivity contribution in [3.8, 4) is 5.75 Å². The summed E-state index contributed by atoms with van der Waals surface area (Å²) in [5.41, 5.74) is 3.21. The van der Waals surface area contributed by atoms with Crippen LogP contribution in [0.2, 0.25) is 0 Å². The average molecular weight is 510 g/mol. The SMILES string of the molecule is CCC(=O)N1CCc2ccc(OCc3nc(C(=O)N4CCOCC4)cs3)cc2C1c1cccc(F)c1. The number of hydrogen-bond acceptors (Lipinski definition) is 6. The molecule has 2 amide bonds. The summed E-state index contributed by atoms with van der Waals surface area (Å²) in [5.74, 6) is 0.244. The molecule has 7 nitrogen and oxygen atoms in total. The van der Waals surface area contributed by atoms with Crippen LogP contribution in [-0.2, 0) is 22.6 Å². The number of nitrogens with zero attached hydrogens (tertiary/aromatic N) is 3. The third kappa shape index (κ3) is 5.12. The van der Waals surface area contributed by atoms with Gasteiger partial charge in [0.2, 0.25) is 5.91 Å². The van der Waals surface area contributed by atoms with Gasteiger partial charge in [0, 0.05) is 31.4 Å². The minimum absolute atomic E-state index is 0.0292. The van der Waals surface area contributed by atoms with Crippen molar-refractivity contribution in [3.63, 3.8) is 0 Å². The summed E-state index contributed by atoms with van der Waals surface area (Å²) in [4.78, 5) is 33.5. The van der Waals surface area contributed by atoms with E-state index in [0.717, 1.165) is 23.1 Å². The van der Waals surface area contributed by atoms with Gasteiger partial charge in [0.1, 0.15) is 28.9 Å². The third-order valence-electron chi connectivity index (χ3n) is 6.56. The lowest BCUT2D eigenvalue weighted by molar-refractivity contribution is -0.132. The summed E-state index contributed by atoms with van der Waals surface area (Å²) >= 11 is 1.39. The van der Waals surface area contributed by atoms with Gasteiger partial charge in [-0.05, 0) is 47.4 Å². The van der Waals surface area contributed by atoms with Crippen molar-refractivity contribution >= 4 is 23.2 Å². The zero-order valence-electron chi connectivity index (χ0n) is 20.1. The monoisotopic (exact) mass is 509 g/mol. The Morgan fingerprint density at radius 2 is 2.00 bits per heavy atom. The second-order valence-corrected chi connectivity index (χ2v) is 9.77. The highest BCUT2D eigenvalue weighted by atomic mass is 32.1. The quantitative estimate of drug-likeness (QED) is 0.498. The van der Waals surface area contributed by atoms with Crippen molar-refractivity contribution in [2.24, 2.45) is 0 Å². The number of fused-ring (bicyclic) bond motifs is 1. The molecule has 1 unspecified atom stereocenters. The van der Waals surface area contributed by atoms with Crippen LogP contribution in [0.15, 0.2) is 47.8 Å². The number of benzene rings is 2. The zero-order valence-corrected chi connectivity index (χ0v) is 20.9. The van der Waals surface area contributed by atoms with Crippen LogP contribution >= 0.6 is 11.3 Å². The van der Waals surface area contributed by atoms with Gasteiger partial charge in [-0.25, -0.2) is 9.37 Å². The molecule has 2 aliphatic heterocycles. The number of halogens is 1. The van der Waals surface area contributed by atoms with Gasteiger partial charge < -0.3 is 19.3 Å². The predicted octanol–water partition coefficient (Wildman–Crippen LogP) is 4.22. The van der Waals surface area contributed by atoms with Crippen molar-refractivity contribution in [3.05, 3.63) is 81.1 Å². The second kappa shape index (κ2) is 10.8. The Labute approximate surface area is 213 Å². The molecule has 2 aromatic carbocycles. The van der Waals surface area contributed by atoms with E-state index >= 15 is 0 Å². The molecule has 188 valence electrons. The van der Waals surface area contributed by atoms with Crippen molar-refractivity contribution < 1.29 is 23.5 Å². The lowest BCUT2D eigenvalue weighted by atomic mass is 9.87. The predicted molar refractivity (Wildman–Crippen MR) is 134 cm³/mol. The molecule has 5 rings (SSSR count). The van der Waals surface area contributed by atoms with Gasteiger partial charge in [0.25, 0.3) is 5.91 Å². The van der Waals surface area contributed by atoms with E-state index < -0.39 is 0 Å². The standard InChI is InChI=1S/C27H28FN3O4S/c1-2-25(32)31-9-8-18-6-7-21(15-22(18)26(31)19-4-3-5-20(28)14-19)35-16-24-29-23(17-36-24)27(33)30-10-12-34-13-11-30/h3-7,14-15,17,26H,2,8-13,16H2,1H3. The molecule has 0 saturated carbocycles. The van der Waals surface area contributed by atoms with E-state index in [1.807, 2.05) is 36.1 Å². The number of morpholine rings is 1. The number of carbonyl (C=O) groups is 2. The molecule has 36 heavy (non-hydrogen) atoms. The fourth-order valence-electron chi connectivity index (χ4n) is 4.74. The number of aromatic nitrogens is 1. The molecule has 1 aromatic heterocycles. The normalized spacial score (nSPS) is 17.6. The maximum atomic E-state index is 14.1. The Kier molecular flexibility index (Phi) is 7.29. The molecular formula is C27H28FN3O4S. The molecule has 0 bridgehead atoms. The summed E-state index contributed by atoms with van der Waals surface area (Å²) in [7, 11) is 0. The van der Waals surface area contributed by atoms with Crippen LogP contribution in [0.5, 0.6) is 5.75 Å². The Morgan fingerprint density at radius 3 is 2.78 bits per heavy atom. The van der Waals surface area contributed by atoms with E-state index in [2.05, 4.69) is 4.98 Å². The highest BCUT2D eigenvalue weighted by molar-refractivity contribution is 7.09. The van der Waals surface area contributed by atoms with Gasteiger partial charge in [0.15, 0.2) is 0 Å². The number of amides is 2. The molecule has 0 radical (unpaired) electrons. The Balaban J connectivity index is 1.35. The summed E-state index contributed by atoms with van der Waals surface area (Å²) in [6.45, 7) is 4.88. The fourth-order valence-corrected chi connectivity index (χ4v) is 5.42. The number of rotatable bonds is 6. The smallest absolute Gasteiger partial charge is 0.273 e. The topological polar surface area (TPSA) is 72.0 Å². The molecule has 1 fully saturated rings. The fraction of sp³-hybridized carbons (Fsp3) is 0.370. The van der Waals surface area contributed by atoms with Crippen molar-refractivity contribution in [1.82, 2.24) is 14.8 Å². The molecule has 0 aliphatic carbocycles. The Hall–Kier alpha value is -3.30. The van der Waals surface area contributed by atoms with Crippen molar-refractivity contribution in [1.29, 1.82) is 0 Å². The lowest BCUT2D eigenvalue weighted by Gasteiger charge is -2.38. The zero-order chi connectivity index (χ0) is 25.1. The summed E-state index contributed by atoms with van der Waals surface area (Å²) < 4.78 is 25.5. The minimum atomic E-state index is -0.377. The van der Waals surface area contributed by atoms with Gasteiger partial charge in [-0.3, -0.25) is 9.59 Å². The Bertz CT molecular complexity index is 1260. The van der Waals surface area contributed by atoms with Gasteiger partial charge >= 0.3 is 0 Å². The molecule has 9 heteroatoms. The van der Waals surface area contributed by atoms with Crippen LogP contribution in [0.25, 0.3) is 0 Å². The van der Waals surface area contributed by atoms with E-state index in [0.29, 0.717) is 55.7 Å². The molecule has 0 N–H and O–H groups in total. The summed E-state index contributed by atoms with van der Waals surface area (Å²) in [6.07, 6.45) is 1.11. The van der Waals surface area contributed by atoms with Crippen LogP contribution < -0.4 is 4.74 Å². The number of ether oxygens (including phenoxy) is 2. The minimum Gasteiger partial charge on any atom is -0.486 e. The van der Waals surface area contributed by atoms with E-state index in [-0.39, 0.29) is 30.3 Å². The molecule has 1 atom stereocenters. The van der Waals surface area contributed by atoms with Gasteiger partial charge in [0.05, 0.1) is 19.3 Å². The molecular weight excluding hydrogens is 481 g/mol. The molecule has 0 spiro atoms.